The number of hydrogen-bond acceptors (Lipinski definition) is 6. The zero-order valence-corrected chi connectivity index (χ0v) is 25.0. The maximum absolute atomic E-state index is 11.5. The molecule has 0 heterocycles. The van der Waals surface area contributed by atoms with E-state index in [0.29, 0.717) is 37.9 Å². The molecule has 0 aromatic carbocycles. The Labute approximate surface area is 215 Å². The molecule has 4 atom stereocenters. The van der Waals surface area contributed by atoms with Gasteiger partial charge in [-0.25, -0.2) is 0 Å². The molecule has 0 fully saturated rings. The van der Waals surface area contributed by atoms with Crippen molar-refractivity contribution >= 4 is 15.2 Å². The van der Waals surface area contributed by atoms with Gasteiger partial charge in [0.2, 0.25) is 0 Å². The minimum atomic E-state index is -3.56. The van der Waals surface area contributed by atoms with Crippen LogP contribution in [0.25, 0.3) is 0 Å². The Hall–Kier alpha value is 0.806. The third-order valence-corrected chi connectivity index (χ3v) is 8.48. The van der Waals surface area contributed by atoms with Crippen LogP contribution in [0.2, 0.25) is 0 Å². The number of hydrogen-bond donors (Lipinski definition) is 0. The summed E-state index contributed by atoms with van der Waals surface area (Å²) in [6.07, 6.45) is 12.3. The molecule has 0 N–H and O–H groups in total. The van der Waals surface area contributed by atoms with Crippen LogP contribution < -0.4 is 9.79 Å². The zero-order chi connectivity index (χ0) is 24.9. The standard InChI is InChI=1S/2C12H27O3P.Co/c2*1-4-7-9-12(6-3)11-15-16(13,14)10-8-5-2;/h2*12H,4-11H2,1-3H3,(H,13,14);/q;;+2/p-2. The summed E-state index contributed by atoms with van der Waals surface area (Å²) in [5, 5.41) is 0. The summed E-state index contributed by atoms with van der Waals surface area (Å²) in [5.41, 5.74) is 0. The molecule has 0 spiro atoms. The fourth-order valence-electron chi connectivity index (χ4n) is 3.07. The predicted molar refractivity (Wildman–Crippen MR) is 133 cm³/mol. The molecule has 0 saturated carbocycles. The maximum atomic E-state index is 11.5. The quantitative estimate of drug-likeness (QED) is 0.148. The minimum absolute atomic E-state index is 0. The average Bonchev–Trinajstić information content (AvgIpc) is 2.77. The molecular weight excluding hydrogens is 505 g/mol. The summed E-state index contributed by atoms with van der Waals surface area (Å²) in [6, 6.07) is 0. The first-order valence-electron chi connectivity index (χ1n) is 13.0. The van der Waals surface area contributed by atoms with E-state index in [-0.39, 0.29) is 29.1 Å². The van der Waals surface area contributed by atoms with Gasteiger partial charge in [0.15, 0.2) is 0 Å². The van der Waals surface area contributed by atoms with Gasteiger partial charge < -0.3 is 28.0 Å². The molecule has 0 bridgehead atoms. The van der Waals surface area contributed by atoms with E-state index in [1.54, 1.807) is 0 Å². The van der Waals surface area contributed by atoms with Crippen molar-refractivity contribution in [1.82, 2.24) is 0 Å². The van der Waals surface area contributed by atoms with Gasteiger partial charge in [0.1, 0.15) is 15.2 Å². The largest absolute Gasteiger partial charge is 2.00 e. The van der Waals surface area contributed by atoms with Gasteiger partial charge in [0.25, 0.3) is 0 Å². The second kappa shape index (κ2) is 24.5. The van der Waals surface area contributed by atoms with Gasteiger partial charge >= 0.3 is 16.8 Å². The van der Waals surface area contributed by atoms with Gasteiger partial charge in [-0.1, -0.05) is 92.9 Å². The second-order valence-electron chi connectivity index (χ2n) is 8.80. The predicted octanol–water partition coefficient (Wildman–Crippen LogP) is 7.14. The van der Waals surface area contributed by atoms with Crippen molar-refractivity contribution in [2.24, 2.45) is 11.8 Å². The summed E-state index contributed by atoms with van der Waals surface area (Å²) in [7, 11) is -7.12. The molecule has 6 nitrogen and oxygen atoms in total. The molecule has 0 aliphatic rings. The summed E-state index contributed by atoms with van der Waals surface area (Å²) < 4.78 is 33.1. The summed E-state index contributed by atoms with van der Waals surface area (Å²) in [4.78, 5) is 23.0. The molecule has 9 heteroatoms. The minimum Gasteiger partial charge on any atom is -0.778 e. The normalized spacial score (nSPS) is 16.5. The summed E-state index contributed by atoms with van der Waals surface area (Å²) >= 11 is 0. The topological polar surface area (TPSA) is 98.7 Å². The molecule has 0 rings (SSSR count). The molecule has 0 amide bonds. The Balaban J connectivity index is -0.000000529. The van der Waals surface area contributed by atoms with Crippen molar-refractivity contribution in [3.8, 4) is 0 Å². The Morgan fingerprint density at radius 1 is 0.606 bits per heavy atom. The van der Waals surface area contributed by atoms with Crippen LogP contribution in [0.1, 0.15) is 119 Å². The van der Waals surface area contributed by atoms with Crippen molar-refractivity contribution in [1.29, 1.82) is 0 Å². The van der Waals surface area contributed by atoms with Crippen LogP contribution in [-0.2, 0) is 35.0 Å². The van der Waals surface area contributed by atoms with Crippen molar-refractivity contribution in [3.63, 3.8) is 0 Å². The average molecular weight is 558 g/mol. The van der Waals surface area contributed by atoms with Crippen LogP contribution in [0.4, 0.5) is 0 Å². The first-order chi connectivity index (χ1) is 15.1. The molecule has 0 aliphatic carbocycles. The molecule has 0 saturated heterocycles. The third kappa shape index (κ3) is 25.7. The van der Waals surface area contributed by atoms with Crippen molar-refractivity contribution in [3.05, 3.63) is 0 Å². The van der Waals surface area contributed by atoms with Crippen molar-refractivity contribution < 1.29 is 44.7 Å². The summed E-state index contributed by atoms with van der Waals surface area (Å²) in [5.74, 6) is 0.785. The van der Waals surface area contributed by atoms with Crippen LogP contribution in [0.15, 0.2) is 0 Å². The zero-order valence-electron chi connectivity index (χ0n) is 22.1. The van der Waals surface area contributed by atoms with Gasteiger partial charge in [-0.3, -0.25) is 0 Å². The third-order valence-electron chi connectivity index (χ3n) is 5.67. The van der Waals surface area contributed by atoms with E-state index >= 15 is 0 Å². The van der Waals surface area contributed by atoms with E-state index in [0.717, 1.165) is 64.2 Å². The molecule has 0 aromatic rings. The first-order valence-corrected chi connectivity index (χ1v) is 16.5. The van der Waals surface area contributed by atoms with Crippen LogP contribution in [0.5, 0.6) is 0 Å². The number of rotatable bonds is 20. The van der Waals surface area contributed by atoms with Crippen molar-refractivity contribution in [2.45, 2.75) is 119 Å². The summed E-state index contributed by atoms with van der Waals surface area (Å²) in [6.45, 7) is 13.2. The Morgan fingerprint density at radius 2 is 0.909 bits per heavy atom. The molecule has 1 radical (unpaired) electrons. The first kappa shape index (κ1) is 38.3. The van der Waals surface area contributed by atoms with Crippen LogP contribution in [0, 0.1) is 11.8 Å². The van der Waals surface area contributed by atoms with E-state index in [1.165, 1.54) is 0 Å². The second-order valence-corrected chi connectivity index (χ2v) is 12.7. The van der Waals surface area contributed by atoms with Crippen LogP contribution in [0.3, 0.4) is 0 Å². The smallest absolute Gasteiger partial charge is 0.778 e. The van der Waals surface area contributed by atoms with Gasteiger partial charge in [-0.15, -0.1) is 0 Å². The number of unbranched alkanes of at least 4 members (excludes halogenated alkanes) is 4. The van der Waals surface area contributed by atoms with Crippen LogP contribution >= 0.6 is 15.2 Å². The van der Waals surface area contributed by atoms with Crippen molar-refractivity contribution in [2.75, 3.05) is 25.5 Å². The van der Waals surface area contributed by atoms with E-state index in [4.69, 9.17) is 9.05 Å². The fraction of sp³-hybridized carbons (Fsp3) is 1.00. The Bertz CT molecular complexity index is 463. The molecule has 203 valence electrons. The fourth-order valence-corrected chi connectivity index (χ4v) is 5.61. The molecule has 4 unspecified atom stereocenters. The molecule has 0 aliphatic heterocycles. The molecule has 0 aromatic heterocycles. The molecular formula is C24H52CoO6P2. The van der Waals surface area contributed by atoms with Gasteiger partial charge in [-0.2, -0.15) is 0 Å². The van der Waals surface area contributed by atoms with Gasteiger partial charge in [0, 0.05) is 12.3 Å². The van der Waals surface area contributed by atoms with E-state index in [9.17, 15) is 18.9 Å². The monoisotopic (exact) mass is 557 g/mol. The van der Waals surface area contributed by atoms with E-state index in [2.05, 4.69) is 27.7 Å². The van der Waals surface area contributed by atoms with E-state index < -0.39 is 15.2 Å². The molecule has 33 heavy (non-hydrogen) atoms. The Kier molecular flexibility index (Phi) is 28.5. The maximum Gasteiger partial charge on any atom is 2.00 e. The van der Waals surface area contributed by atoms with Gasteiger partial charge in [0.05, 0.1) is 13.2 Å². The SMILES string of the molecule is CCCCC(CC)COP(=O)([O-])CCCC.CCCCC(CC)COP(=O)([O-])CCCC.[Co+2]. The van der Waals surface area contributed by atoms with Gasteiger partial charge in [-0.05, 0) is 37.5 Å². The Morgan fingerprint density at radius 3 is 1.15 bits per heavy atom. The van der Waals surface area contributed by atoms with Crippen LogP contribution in [-0.4, -0.2) is 25.5 Å². The van der Waals surface area contributed by atoms with E-state index in [1.807, 2.05) is 13.8 Å².